The number of rotatable bonds is 8. The van der Waals surface area contributed by atoms with E-state index in [1.54, 1.807) is 0 Å². The molecule has 17 heavy (non-hydrogen) atoms. The third kappa shape index (κ3) is 7.36. The Labute approximate surface area is 107 Å². The van der Waals surface area contributed by atoms with Crippen LogP contribution in [0.25, 0.3) is 0 Å². The van der Waals surface area contributed by atoms with Gasteiger partial charge in [0.05, 0.1) is 6.07 Å². The lowest BCUT2D eigenvalue weighted by Gasteiger charge is -2.26. The Morgan fingerprint density at radius 1 is 1.24 bits per heavy atom. The smallest absolute Gasteiger partial charge is 0.104 e. The summed E-state index contributed by atoms with van der Waals surface area (Å²) in [6.45, 7) is 11.7. The molecule has 0 aromatic heterocycles. The highest BCUT2D eigenvalue weighted by Gasteiger charge is 2.23. The minimum absolute atomic E-state index is 0.359. The maximum atomic E-state index is 9.21. The molecule has 0 heterocycles. The maximum Gasteiger partial charge on any atom is 0.104 e. The number of nitrogens with zero attached hydrogens (tertiary/aromatic N) is 2. The molecule has 0 bridgehead atoms. The summed E-state index contributed by atoms with van der Waals surface area (Å²) in [5.41, 5.74) is -0.370. The Hall–Kier alpha value is -0.590. The second-order valence-electron chi connectivity index (χ2n) is 5.77. The lowest BCUT2D eigenvalue weighted by atomic mass is 9.95. The maximum absolute atomic E-state index is 9.21. The van der Waals surface area contributed by atoms with Gasteiger partial charge in [-0.05, 0) is 67.5 Å². The molecule has 0 saturated carbocycles. The SMILES string of the molecule is CC(C)NC(C)(C#N)CCCCN(C)C(C)C. The molecular weight excluding hydrogens is 210 g/mol. The van der Waals surface area contributed by atoms with Crippen molar-refractivity contribution in [3.05, 3.63) is 0 Å². The molecule has 1 unspecified atom stereocenters. The molecule has 0 aliphatic carbocycles. The molecule has 0 aliphatic rings. The average Bonchev–Trinajstić information content (AvgIpc) is 2.23. The fourth-order valence-corrected chi connectivity index (χ4v) is 1.90. The van der Waals surface area contributed by atoms with Crippen LogP contribution in [0.5, 0.6) is 0 Å². The Balaban J connectivity index is 3.89. The van der Waals surface area contributed by atoms with E-state index in [9.17, 15) is 5.26 Å². The molecule has 0 fully saturated rings. The van der Waals surface area contributed by atoms with Crippen LogP contribution in [-0.2, 0) is 0 Å². The molecule has 100 valence electrons. The molecule has 0 radical (unpaired) electrons. The van der Waals surface area contributed by atoms with Gasteiger partial charge in [0.2, 0.25) is 0 Å². The van der Waals surface area contributed by atoms with Crippen molar-refractivity contribution in [3.8, 4) is 6.07 Å². The Bertz CT molecular complexity index is 242. The molecule has 0 aromatic rings. The van der Waals surface area contributed by atoms with Gasteiger partial charge in [-0.2, -0.15) is 5.26 Å². The van der Waals surface area contributed by atoms with E-state index < -0.39 is 0 Å². The summed E-state index contributed by atoms with van der Waals surface area (Å²) in [6, 6.07) is 3.36. The number of unbranched alkanes of at least 4 members (excludes halogenated alkanes) is 1. The number of nitrogens with one attached hydrogen (secondary N) is 1. The third-order valence-electron chi connectivity index (χ3n) is 3.17. The summed E-state index contributed by atoms with van der Waals surface area (Å²) in [5, 5.41) is 12.6. The first-order valence-corrected chi connectivity index (χ1v) is 6.70. The normalized spacial score (nSPS) is 15.3. The highest BCUT2D eigenvalue weighted by Crippen LogP contribution is 2.14. The summed E-state index contributed by atoms with van der Waals surface area (Å²) >= 11 is 0. The summed E-state index contributed by atoms with van der Waals surface area (Å²) in [7, 11) is 2.15. The standard InChI is InChI=1S/C14H29N3/c1-12(2)16-14(5,11-15)9-7-8-10-17(6)13(3)4/h12-13,16H,7-10H2,1-6H3. The molecule has 0 rings (SSSR count). The van der Waals surface area contributed by atoms with Crippen molar-refractivity contribution in [2.45, 2.75) is 71.5 Å². The zero-order valence-corrected chi connectivity index (χ0v) is 12.4. The van der Waals surface area contributed by atoms with Crippen LogP contribution in [0.1, 0.15) is 53.9 Å². The van der Waals surface area contributed by atoms with Crippen molar-refractivity contribution in [1.82, 2.24) is 10.2 Å². The molecular formula is C14H29N3. The highest BCUT2D eigenvalue weighted by molar-refractivity contribution is 5.04. The minimum atomic E-state index is -0.370. The lowest BCUT2D eigenvalue weighted by molar-refractivity contribution is 0.262. The van der Waals surface area contributed by atoms with E-state index in [2.05, 4.69) is 51.0 Å². The van der Waals surface area contributed by atoms with Gasteiger partial charge >= 0.3 is 0 Å². The third-order valence-corrected chi connectivity index (χ3v) is 3.17. The van der Waals surface area contributed by atoms with Crippen molar-refractivity contribution in [1.29, 1.82) is 5.26 Å². The Morgan fingerprint density at radius 2 is 1.82 bits per heavy atom. The van der Waals surface area contributed by atoms with Crippen LogP contribution in [0.3, 0.4) is 0 Å². The first-order chi connectivity index (χ1) is 7.80. The molecule has 3 heteroatoms. The molecule has 0 aliphatic heterocycles. The van der Waals surface area contributed by atoms with Gasteiger partial charge in [-0.1, -0.05) is 0 Å². The van der Waals surface area contributed by atoms with Crippen LogP contribution in [-0.4, -0.2) is 36.1 Å². The molecule has 3 nitrogen and oxygen atoms in total. The van der Waals surface area contributed by atoms with E-state index in [-0.39, 0.29) is 5.54 Å². The van der Waals surface area contributed by atoms with Gasteiger partial charge in [0, 0.05) is 12.1 Å². The van der Waals surface area contributed by atoms with E-state index in [4.69, 9.17) is 0 Å². The molecule has 1 atom stereocenters. The highest BCUT2D eigenvalue weighted by atomic mass is 15.1. The van der Waals surface area contributed by atoms with Crippen LogP contribution in [0.4, 0.5) is 0 Å². The van der Waals surface area contributed by atoms with E-state index in [0.29, 0.717) is 12.1 Å². The number of nitriles is 1. The zero-order valence-electron chi connectivity index (χ0n) is 12.4. The largest absolute Gasteiger partial charge is 0.304 e. The van der Waals surface area contributed by atoms with Gasteiger partial charge in [0.1, 0.15) is 5.54 Å². The quantitative estimate of drug-likeness (QED) is 0.662. The summed E-state index contributed by atoms with van der Waals surface area (Å²) in [4.78, 5) is 2.35. The molecule has 0 spiro atoms. The van der Waals surface area contributed by atoms with Crippen LogP contribution in [0.15, 0.2) is 0 Å². The van der Waals surface area contributed by atoms with Crippen LogP contribution >= 0.6 is 0 Å². The second kappa shape index (κ2) is 7.68. The van der Waals surface area contributed by atoms with E-state index >= 15 is 0 Å². The molecule has 0 saturated heterocycles. The van der Waals surface area contributed by atoms with Crippen LogP contribution in [0, 0.1) is 11.3 Å². The molecule has 0 aromatic carbocycles. The lowest BCUT2D eigenvalue weighted by Crippen LogP contribution is -2.45. The van der Waals surface area contributed by atoms with Crippen LogP contribution in [0.2, 0.25) is 0 Å². The van der Waals surface area contributed by atoms with E-state index in [1.807, 2.05) is 6.92 Å². The second-order valence-corrected chi connectivity index (χ2v) is 5.77. The fourth-order valence-electron chi connectivity index (χ4n) is 1.90. The van der Waals surface area contributed by atoms with Crippen molar-refractivity contribution >= 4 is 0 Å². The van der Waals surface area contributed by atoms with Gasteiger partial charge in [-0.3, -0.25) is 5.32 Å². The van der Waals surface area contributed by atoms with Crippen molar-refractivity contribution in [2.75, 3.05) is 13.6 Å². The first-order valence-electron chi connectivity index (χ1n) is 6.70. The average molecular weight is 239 g/mol. The Kier molecular flexibility index (Phi) is 7.41. The fraction of sp³-hybridized carbons (Fsp3) is 0.929. The minimum Gasteiger partial charge on any atom is -0.304 e. The van der Waals surface area contributed by atoms with Gasteiger partial charge < -0.3 is 4.90 Å². The zero-order chi connectivity index (χ0) is 13.5. The van der Waals surface area contributed by atoms with Gasteiger partial charge in [0.25, 0.3) is 0 Å². The summed E-state index contributed by atoms with van der Waals surface area (Å²) < 4.78 is 0. The summed E-state index contributed by atoms with van der Waals surface area (Å²) in [5.74, 6) is 0. The molecule has 0 amide bonds. The van der Waals surface area contributed by atoms with Crippen molar-refractivity contribution < 1.29 is 0 Å². The number of hydrogen-bond acceptors (Lipinski definition) is 3. The predicted octanol–water partition coefficient (Wildman–Crippen LogP) is 2.78. The van der Waals surface area contributed by atoms with Crippen molar-refractivity contribution in [3.63, 3.8) is 0 Å². The van der Waals surface area contributed by atoms with Gasteiger partial charge in [0.15, 0.2) is 0 Å². The van der Waals surface area contributed by atoms with Gasteiger partial charge in [-0.15, -0.1) is 0 Å². The van der Waals surface area contributed by atoms with Gasteiger partial charge in [-0.25, -0.2) is 0 Å². The number of hydrogen-bond donors (Lipinski definition) is 1. The van der Waals surface area contributed by atoms with Crippen molar-refractivity contribution in [2.24, 2.45) is 0 Å². The Morgan fingerprint density at radius 3 is 2.24 bits per heavy atom. The van der Waals surface area contributed by atoms with E-state index in [0.717, 1.165) is 25.8 Å². The predicted molar refractivity (Wildman–Crippen MR) is 73.9 cm³/mol. The molecule has 1 N–H and O–H groups in total. The summed E-state index contributed by atoms with van der Waals surface area (Å²) in [6.07, 6.45) is 3.18. The van der Waals surface area contributed by atoms with Crippen LogP contribution < -0.4 is 5.32 Å². The monoisotopic (exact) mass is 239 g/mol. The first kappa shape index (κ1) is 16.4. The van der Waals surface area contributed by atoms with E-state index in [1.165, 1.54) is 0 Å². The topological polar surface area (TPSA) is 39.1 Å².